The van der Waals surface area contributed by atoms with E-state index in [-0.39, 0.29) is 17.3 Å². The molecule has 0 radical (unpaired) electrons. The number of halogens is 1. The van der Waals surface area contributed by atoms with Gasteiger partial charge in [-0.2, -0.15) is 10.4 Å². The van der Waals surface area contributed by atoms with Crippen LogP contribution in [0.3, 0.4) is 0 Å². The van der Waals surface area contributed by atoms with Crippen molar-refractivity contribution in [2.24, 2.45) is 5.92 Å². The van der Waals surface area contributed by atoms with Crippen LogP contribution in [-0.2, 0) is 17.9 Å². The Balaban J connectivity index is 1.82. The summed E-state index contributed by atoms with van der Waals surface area (Å²) < 4.78 is 8.88. The lowest BCUT2D eigenvalue weighted by Crippen LogP contribution is -2.08. The van der Waals surface area contributed by atoms with E-state index in [0.717, 1.165) is 5.52 Å². The standard InChI is InChI=1S/C19H19ClN4O2/c1-12(2)9-24-18(20)17(13(3)22-24)19(25)26-11-14-10-23-7-5-4-6-16(23)15(14)8-21/h4-7,10,12H,9,11H2,1-3H3. The van der Waals surface area contributed by atoms with E-state index in [2.05, 4.69) is 11.2 Å². The van der Waals surface area contributed by atoms with Gasteiger partial charge in [0.15, 0.2) is 0 Å². The van der Waals surface area contributed by atoms with Gasteiger partial charge >= 0.3 is 5.97 Å². The first-order valence-electron chi connectivity index (χ1n) is 8.31. The molecule has 0 aromatic carbocycles. The number of rotatable bonds is 5. The Bertz CT molecular complexity index is 1010. The van der Waals surface area contributed by atoms with Gasteiger partial charge in [-0.1, -0.05) is 31.5 Å². The van der Waals surface area contributed by atoms with Crippen LogP contribution in [0.15, 0.2) is 30.6 Å². The van der Waals surface area contributed by atoms with Crippen LogP contribution in [0, 0.1) is 24.2 Å². The minimum Gasteiger partial charge on any atom is -0.457 e. The third-order valence-corrected chi connectivity index (χ3v) is 4.42. The molecule has 0 aliphatic heterocycles. The van der Waals surface area contributed by atoms with Crippen LogP contribution in [-0.4, -0.2) is 20.2 Å². The Hall–Kier alpha value is -2.78. The van der Waals surface area contributed by atoms with Gasteiger partial charge in [0.25, 0.3) is 0 Å². The number of hydrogen-bond acceptors (Lipinski definition) is 4. The van der Waals surface area contributed by atoms with Crippen molar-refractivity contribution < 1.29 is 9.53 Å². The summed E-state index contributed by atoms with van der Waals surface area (Å²) in [7, 11) is 0. The van der Waals surface area contributed by atoms with Crippen molar-refractivity contribution >= 4 is 23.1 Å². The molecule has 0 aliphatic carbocycles. The SMILES string of the molecule is Cc1nn(CC(C)C)c(Cl)c1C(=O)OCc1cn2ccccc2c1C#N. The Morgan fingerprint density at radius 3 is 2.88 bits per heavy atom. The van der Waals surface area contributed by atoms with E-state index >= 15 is 0 Å². The number of nitrogens with zero attached hydrogens (tertiary/aromatic N) is 4. The third-order valence-electron chi connectivity index (χ3n) is 4.04. The molecule has 0 unspecified atom stereocenters. The fourth-order valence-corrected chi connectivity index (χ4v) is 3.20. The summed E-state index contributed by atoms with van der Waals surface area (Å²) in [6.07, 6.45) is 3.64. The van der Waals surface area contributed by atoms with E-state index in [1.807, 2.05) is 42.6 Å². The topological polar surface area (TPSA) is 72.3 Å². The first-order chi connectivity index (χ1) is 12.4. The number of nitriles is 1. The molecule has 0 fully saturated rings. The van der Waals surface area contributed by atoms with Crippen LogP contribution in [0.2, 0.25) is 5.15 Å². The third kappa shape index (κ3) is 3.31. The van der Waals surface area contributed by atoms with Gasteiger partial charge < -0.3 is 9.14 Å². The van der Waals surface area contributed by atoms with Gasteiger partial charge in [-0.25, -0.2) is 4.79 Å². The maximum atomic E-state index is 12.5. The maximum Gasteiger partial charge on any atom is 0.343 e. The molecule has 6 nitrogen and oxygen atoms in total. The average Bonchev–Trinajstić information content (AvgIpc) is 3.09. The van der Waals surface area contributed by atoms with Gasteiger partial charge in [-0.15, -0.1) is 0 Å². The van der Waals surface area contributed by atoms with Crippen molar-refractivity contribution in [3.63, 3.8) is 0 Å². The maximum absolute atomic E-state index is 12.5. The second kappa shape index (κ2) is 7.22. The number of aryl methyl sites for hydroxylation is 1. The highest BCUT2D eigenvalue weighted by atomic mass is 35.5. The molecule has 3 aromatic rings. The molecule has 0 aliphatic rings. The molecule has 3 aromatic heterocycles. The van der Waals surface area contributed by atoms with Crippen LogP contribution in [0.1, 0.15) is 41.0 Å². The van der Waals surface area contributed by atoms with Crippen molar-refractivity contribution in [3.05, 3.63) is 58.1 Å². The fourth-order valence-electron chi connectivity index (χ4n) is 2.88. The Morgan fingerprint density at radius 1 is 1.42 bits per heavy atom. The van der Waals surface area contributed by atoms with Gasteiger partial charge in [0.1, 0.15) is 23.4 Å². The summed E-state index contributed by atoms with van der Waals surface area (Å²) >= 11 is 6.32. The second-order valence-corrected chi connectivity index (χ2v) is 6.90. The van der Waals surface area contributed by atoms with Crippen LogP contribution >= 0.6 is 11.6 Å². The van der Waals surface area contributed by atoms with Crippen LogP contribution < -0.4 is 0 Å². The van der Waals surface area contributed by atoms with Gasteiger partial charge in [0, 0.05) is 24.5 Å². The quantitative estimate of drug-likeness (QED) is 0.637. The van der Waals surface area contributed by atoms with E-state index < -0.39 is 5.97 Å². The number of hydrogen-bond donors (Lipinski definition) is 0. The molecule has 134 valence electrons. The monoisotopic (exact) mass is 370 g/mol. The highest BCUT2D eigenvalue weighted by Gasteiger charge is 2.23. The van der Waals surface area contributed by atoms with Gasteiger partial charge in [-0.3, -0.25) is 4.68 Å². The van der Waals surface area contributed by atoms with Crippen molar-refractivity contribution in [1.82, 2.24) is 14.2 Å². The zero-order valence-corrected chi connectivity index (χ0v) is 15.6. The van der Waals surface area contributed by atoms with E-state index in [1.54, 1.807) is 17.8 Å². The predicted octanol–water partition coefficient (Wildman–Crippen LogP) is 3.98. The van der Waals surface area contributed by atoms with E-state index in [0.29, 0.717) is 29.3 Å². The molecule has 0 atom stereocenters. The smallest absolute Gasteiger partial charge is 0.343 e. The molecular formula is C19H19ClN4O2. The first kappa shape index (κ1) is 18.0. The van der Waals surface area contributed by atoms with Crippen molar-refractivity contribution in [3.8, 4) is 6.07 Å². The Morgan fingerprint density at radius 2 is 2.19 bits per heavy atom. The van der Waals surface area contributed by atoms with E-state index in [4.69, 9.17) is 16.3 Å². The molecule has 0 saturated carbocycles. The molecule has 0 saturated heterocycles. The zero-order chi connectivity index (χ0) is 18.8. The molecule has 26 heavy (non-hydrogen) atoms. The summed E-state index contributed by atoms with van der Waals surface area (Å²) in [6.45, 7) is 6.44. The van der Waals surface area contributed by atoms with Gasteiger partial charge in [0.05, 0.1) is 16.8 Å². The van der Waals surface area contributed by atoms with Gasteiger partial charge in [0.2, 0.25) is 0 Å². The second-order valence-electron chi connectivity index (χ2n) is 6.54. The lowest BCUT2D eigenvalue weighted by atomic mass is 10.2. The van der Waals surface area contributed by atoms with Crippen molar-refractivity contribution in [1.29, 1.82) is 5.26 Å². The minimum atomic E-state index is -0.540. The summed E-state index contributed by atoms with van der Waals surface area (Å²) in [6, 6.07) is 7.75. The normalized spacial score (nSPS) is 11.1. The van der Waals surface area contributed by atoms with Crippen molar-refractivity contribution in [2.45, 2.75) is 33.9 Å². The molecule has 0 amide bonds. The molecule has 3 heterocycles. The molecule has 7 heteroatoms. The molecule has 3 rings (SSSR count). The predicted molar refractivity (Wildman–Crippen MR) is 98.0 cm³/mol. The Kier molecular flexibility index (Phi) is 5.01. The minimum absolute atomic E-state index is 0.00542. The number of aromatic nitrogens is 3. The molecule has 0 bridgehead atoms. The highest BCUT2D eigenvalue weighted by Crippen LogP contribution is 2.23. The van der Waals surface area contributed by atoms with E-state index in [1.165, 1.54) is 0 Å². The summed E-state index contributed by atoms with van der Waals surface area (Å²) in [5.41, 5.74) is 2.73. The zero-order valence-electron chi connectivity index (χ0n) is 14.9. The first-order valence-corrected chi connectivity index (χ1v) is 8.68. The largest absolute Gasteiger partial charge is 0.457 e. The van der Waals surface area contributed by atoms with Crippen LogP contribution in [0.5, 0.6) is 0 Å². The average molecular weight is 371 g/mol. The van der Waals surface area contributed by atoms with Crippen LogP contribution in [0.25, 0.3) is 5.52 Å². The van der Waals surface area contributed by atoms with Crippen molar-refractivity contribution in [2.75, 3.05) is 0 Å². The van der Waals surface area contributed by atoms with Crippen LogP contribution in [0.4, 0.5) is 0 Å². The molecule has 0 N–H and O–H groups in total. The van der Waals surface area contributed by atoms with E-state index in [9.17, 15) is 10.1 Å². The number of carbonyl (C=O) groups excluding carboxylic acids is 1. The number of esters is 1. The molecular weight excluding hydrogens is 352 g/mol. The number of carbonyl (C=O) groups is 1. The summed E-state index contributed by atoms with van der Waals surface area (Å²) in [4.78, 5) is 12.5. The number of fused-ring (bicyclic) bond motifs is 1. The fraction of sp³-hybridized carbons (Fsp3) is 0.316. The lowest BCUT2D eigenvalue weighted by molar-refractivity contribution is 0.0472. The highest BCUT2D eigenvalue weighted by molar-refractivity contribution is 6.32. The number of pyridine rings is 1. The summed E-state index contributed by atoms with van der Waals surface area (Å²) in [5.74, 6) is -0.190. The lowest BCUT2D eigenvalue weighted by Gasteiger charge is -2.06. The molecule has 0 spiro atoms. The summed E-state index contributed by atoms with van der Waals surface area (Å²) in [5, 5.41) is 14.0. The Labute approximate surface area is 156 Å². The number of ether oxygens (including phenoxy) is 1. The van der Waals surface area contributed by atoms with Gasteiger partial charge in [-0.05, 0) is 25.0 Å².